The number of carboxylic acid groups (broad SMARTS) is 1. The van der Waals surface area contributed by atoms with Gasteiger partial charge >= 0.3 is 5.97 Å². The molecule has 1 aromatic carbocycles. The number of fused-ring (bicyclic) bond motifs is 1. The maximum atomic E-state index is 13.7. The lowest BCUT2D eigenvalue weighted by Crippen LogP contribution is -2.44. The molecule has 4 atom stereocenters. The molecule has 194 valence electrons. The number of allylic oxidation sites excluding steroid dienone is 2. The largest absolute Gasteiger partial charge is 0.491 e. The molecule has 2 aliphatic carbocycles. The van der Waals surface area contributed by atoms with E-state index in [1.807, 2.05) is 37.1 Å². The Balaban J connectivity index is 1.41. The summed E-state index contributed by atoms with van der Waals surface area (Å²) in [7, 11) is -3.69. The third-order valence-corrected chi connectivity index (χ3v) is 9.63. The molecule has 2 aliphatic heterocycles. The minimum atomic E-state index is -3.69. The van der Waals surface area contributed by atoms with E-state index in [0.29, 0.717) is 30.5 Å². The van der Waals surface area contributed by atoms with E-state index in [2.05, 4.69) is 6.08 Å². The normalized spacial score (nSPS) is 28.3. The van der Waals surface area contributed by atoms with E-state index in [1.54, 1.807) is 28.6 Å². The van der Waals surface area contributed by atoms with Crippen molar-refractivity contribution in [2.24, 2.45) is 22.9 Å². The number of carbonyl (C=O) groups is 1. The molecule has 2 fully saturated rings. The lowest BCUT2D eigenvalue weighted by Gasteiger charge is -2.36. The first-order chi connectivity index (χ1) is 17.2. The van der Waals surface area contributed by atoms with Gasteiger partial charge in [-0.15, -0.1) is 0 Å². The zero-order chi connectivity index (χ0) is 25.4. The van der Waals surface area contributed by atoms with Crippen LogP contribution in [0.4, 0.5) is 0 Å². The molecule has 4 aliphatic rings. The molecule has 0 amide bonds. The fourth-order valence-corrected chi connectivity index (χ4v) is 7.37. The van der Waals surface area contributed by atoms with Gasteiger partial charge in [-0.3, -0.25) is 9.80 Å². The Labute approximate surface area is 213 Å². The number of sulfonamides is 1. The Morgan fingerprint density at radius 3 is 2.50 bits per heavy atom. The van der Waals surface area contributed by atoms with Crippen LogP contribution in [0.15, 0.2) is 58.6 Å². The zero-order valence-corrected chi connectivity index (χ0v) is 21.7. The van der Waals surface area contributed by atoms with Gasteiger partial charge in [-0.25, -0.2) is 8.42 Å². The van der Waals surface area contributed by atoms with E-state index in [0.717, 1.165) is 6.42 Å². The smallest absolute Gasteiger partial charge is 0.309 e. The van der Waals surface area contributed by atoms with Crippen LogP contribution in [0.3, 0.4) is 0 Å². The van der Waals surface area contributed by atoms with Crippen LogP contribution >= 0.6 is 0 Å². The number of rotatable bonds is 9. The summed E-state index contributed by atoms with van der Waals surface area (Å²) in [6.07, 6.45) is 12.5. The number of nitrogens with zero attached hydrogens (tertiary/aromatic N) is 3. The van der Waals surface area contributed by atoms with Crippen LogP contribution in [0.5, 0.6) is 5.75 Å². The molecule has 2 heterocycles. The molecule has 9 heteroatoms. The lowest BCUT2D eigenvalue weighted by molar-refractivity contribution is -0.135. The Kier molecular flexibility index (Phi) is 6.96. The first kappa shape index (κ1) is 25.0. The van der Waals surface area contributed by atoms with Gasteiger partial charge in [-0.2, -0.15) is 9.41 Å². The van der Waals surface area contributed by atoms with Crippen LogP contribution in [-0.4, -0.2) is 65.8 Å². The maximum Gasteiger partial charge on any atom is 0.309 e. The molecule has 1 N–H and O–H groups in total. The second-order valence-electron chi connectivity index (χ2n) is 10.6. The Morgan fingerprint density at radius 1 is 1.14 bits per heavy atom. The number of hydrazone groups is 1. The van der Waals surface area contributed by atoms with E-state index in [-0.39, 0.29) is 41.3 Å². The summed E-state index contributed by atoms with van der Waals surface area (Å²) < 4.78 is 34.6. The van der Waals surface area contributed by atoms with Crippen LogP contribution < -0.4 is 4.74 Å². The lowest BCUT2D eigenvalue weighted by atomic mass is 9.77. The standard InChI is InChI=1S/C27H35N3O5S/c1-18(2)35-21-10-12-22(13-11-21)36(33,34)29-16-20(14-19-6-5-7-19)26(17-29)30-25-9-4-3-8-23(25)24(28-30)15-27(31)32/h3-4,8-13,18-20,23,25-26H,5-7,14-17H2,1-2H3,(H,31,32)/t20-,23?,25?,26+/m1/s1. The minimum absolute atomic E-state index is 0.0126. The van der Waals surface area contributed by atoms with Gasteiger partial charge < -0.3 is 9.84 Å². The molecular weight excluding hydrogens is 478 g/mol. The molecule has 36 heavy (non-hydrogen) atoms. The number of carboxylic acids is 1. The van der Waals surface area contributed by atoms with Gasteiger partial charge in [-0.05, 0) is 56.4 Å². The second-order valence-corrected chi connectivity index (χ2v) is 12.6. The van der Waals surface area contributed by atoms with Crippen molar-refractivity contribution in [1.82, 2.24) is 9.31 Å². The van der Waals surface area contributed by atoms with Gasteiger partial charge in [-0.1, -0.05) is 43.6 Å². The summed E-state index contributed by atoms with van der Waals surface area (Å²) >= 11 is 0. The quantitative estimate of drug-likeness (QED) is 0.538. The highest BCUT2D eigenvalue weighted by atomic mass is 32.2. The van der Waals surface area contributed by atoms with Crippen molar-refractivity contribution in [3.8, 4) is 5.75 Å². The van der Waals surface area contributed by atoms with Gasteiger partial charge in [0.15, 0.2) is 0 Å². The Bertz CT molecular complexity index is 1170. The monoisotopic (exact) mass is 513 g/mol. The maximum absolute atomic E-state index is 13.7. The third kappa shape index (κ3) is 4.95. The van der Waals surface area contributed by atoms with Crippen LogP contribution in [0, 0.1) is 17.8 Å². The predicted octanol–water partition coefficient (Wildman–Crippen LogP) is 3.91. The molecule has 1 saturated carbocycles. The Hall–Kier alpha value is -2.65. The fourth-order valence-electron chi connectivity index (χ4n) is 5.85. The van der Waals surface area contributed by atoms with Crippen molar-refractivity contribution < 1.29 is 23.1 Å². The van der Waals surface area contributed by atoms with Crippen molar-refractivity contribution in [3.05, 3.63) is 48.6 Å². The van der Waals surface area contributed by atoms with Crippen molar-refractivity contribution in [2.75, 3.05) is 13.1 Å². The molecule has 0 bridgehead atoms. The summed E-state index contributed by atoms with van der Waals surface area (Å²) in [4.78, 5) is 11.8. The van der Waals surface area contributed by atoms with Gasteiger partial charge in [0, 0.05) is 19.0 Å². The third-order valence-electron chi connectivity index (χ3n) is 7.78. The van der Waals surface area contributed by atoms with Crippen LogP contribution in [0.1, 0.15) is 46.0 Å². The number of hydrogen-bond donors (Lipinski definition) is 1. The molecule has 0 radical (unpaired) electrons. The van der Waals surface area contributed by atoms with Gasteiger partial charge in [0.1, 0.15) is 5.75 Å². The highest BCUT2D eigenvalue weighted by Crippen LogP contribution is 2.41. The topological polar surface area (TPSA) is 99.5 Å². The Morgan fingerprint density at radius 2 is 1.86 bits per heavy atom. The molecule has 0 aromatic heterocycles. The van der Waals surface area contributed by atoms with Gasteiger partial charge in [0.2, 0.25) is 10.0 Å². The number of aliphatic carboxylic acids is 1. The summed E-state index contributed by atoms with van der Waals surface area (Å²) in [6, 6.07) is 6.47. The molecule has 5 rings (SSSR count). The molecule has 2 unspecified atom stereocenters. The van der Waals surface area contributed by atoms with E-state index in [4.69, 9.17) is 9.84 Å². The second kappa shape index (κ2) is 10.0. The number of benzene rings is 1. The van der Waals surface area contributed by atoms with Crippen LogP contribution in [0.25, 0.3) is 0 Å². The van der Waals surface area contributed by atoms with Crippen molar-refractivity contribution in [2.45, 2.75) is 69.0 Å². The molecule has 8 nitrogen and oxygen atoms in total. The van der Waals surface area contributed by atoms with Crippen molar-refractivity contribution in [3.63, 3.8) is 0 Å². The average Bonchev–Trinajstić information content (AvgIpc) is 3.38. The van der Waals surface area contributed by atoms with E-state index >= 15 is 0 Å². The van der Waals surface area contributed by atoms with Crippen LogP contribution in [-0.2, 0) is 14.8 Å². The van der Waals surface area contributed by atoms with Crippen LogP contribution in [0.2, 0.25) is 0 Å². The minimum Gasteiger partial charge on any atom is -0.491 e. The van der Waals surface area contributed by atoms with Gasteiger partial charge in [0.25, 0.3) is 0 Å². The zero-order valence-electron chi connectivity index (χ0n) is 20.9. The van der Waals surface area contributed by atoms with E-state index < -0.39 is 16.0 Å². The highest BCUT2D eigenvalue weighted by molar-refractivity contribution is 7.89. The summed E-state index contributed by atoms with van der Waals surface area (Å²) in [6.45, 7) is 4.66. The number of hydrogen-bond acceptors (Lipinski definition) is 6. The van der Waals surface area contributed by atoms with Crippen molar-refractivity contribution in [1.29, 1.82) is 0 Å². The van der Waals surface area contributed by atoms with E-state index in [1.165, 1.54) is 19.3 Å². The van der Waals surface area contributed by atoms with Gasteiger partial charge in [0.05, 0.1) is 35.2 Å². The summed E-state index contributed by atoms with van der Waals surface area (Å²) in [5.74, 6) is 0.418. The fraction of sp³-hybridized carbons (Fsp3) is 0.556. The first-order valence-corrected chi connectivity index (χ1v) is 14.4. The first-order valence-electron chi connectivity index (χ1n) is 12.9. The summed E-state index contributed by atoms with van der Waals surface area (Å²) in [5, 5.41) is 16.3. The molecule has 0 spiro atoms. The highest BCUT2D eigenvalue weighted by Gasteiger charge is 2.48. The summed E-state index contributed by atoms with van der Waals surface area (Å²) in [5.41, 5.74) is 0.637. The molecule has 1 aromatic rings. The SMILES string of the molecule is CC(C)Oc1ccc(S(=O)(=O)N2C[C@@H](CC3CCC3)[C@@H](N3N=C(CC(=O)O)C4C=CC=CC43)C2)cc1. The predicted molar refractivity (Wildman–Crippen MR) is 137 cm³/mol. The van der Waals surface area contributed by atoms with Crippen molar-refractivity contribution >= 4 is 21.7 Å². The molecule has 1 saturated heterocycles. The number of ether oxygens (including phenoxy) is 1. The van der Waals surface area contributed by atoms with E-state index in [9.17, 15) is 18.3 Å². The average molecular weight is 514 g/mol. The molecular formula is C27H35N3O5S.